The third-order valence-electron chi connectivity index (χ3n) is 5.59. The number of halogens is 1. The van der Waals surface area contributed by atoms with Crippen molar-refractivity contribution in [1.29, 1.82) is 5.26 Å². The zero-order chi connectivity index (χ0) is 27.8. The number of ether oxygens (including phenoxy) is 1. The fraction of sp³-hybridized carbons (Fsp3) is 0.300. The Kier molecular flexibility index (Phi) is 14.2. The molecule has 0 aliphatic carbocycles. The quantitative estimate of drug-likeness (QED) is 0.352. The summed E-state index contributed by atoms with van der Waals surface area (Å²) in [6.45, 7) is 16.2. The second-order valence-corrected chi connectivity index (χ2v) is 8.44. The van der Waals surface area contributed by atoms with Crippen LogP contribution in [0.15, 0.2) is 88.5 Å². The maximum atomic E-state index is 13.1. The minimum atomic E-state index is -0.368. The summed E-state index contributed by atoms with van der Waals surface area (Å²) in [5.41, 5.74) is 2.76. The average Bonchev–Trinajstić information content (AvgIpc) is 3.42. The molecule has 1 aromatic heterocycles. The summed E-state index contributed by atoms with van der Waals surface area (Å²) in [6, 6.07) is 16.9. The van der Waals surface area contributed by atoms with Crippen LogP contribution in [0.3, 0.4) is 0 Å². The first-order chi connectivity index (χ1) is 17.9. The number of nitriles is 1. The summed E-state index contributed by atoms with van der Waals surface area (Å²) in [5.74, 6) is 0.309. The molecule has 2 aromatic carbocycles. The van der Waals surface area contributed by atoms with Gasteiger partial charge in [-0.15, -0.1) is 6.58 Å². The van der Waals surface area contributed by atoms with Gasteiger partial charge in [-0.05, 0) is 45.2 Å². The van der Waals surface area contributed by atoms with Crippen LogP contribution in [0, 0.1) is 11.8 Å². The Bertz CT molecular complexity index is 1310. The highest BCUT2D eigenvalue weighted by atomic mass is 35.5. The summed E-state index contributed by atoms with van der Waals surface area (Å²) in [7, 11) is 0. The summed E-state index contributed by atoms with van der Waals surface area (Å²) in [5, 5.41) is 6.95. The molecule has 37 heavy (non-hydrogen) atoms. The van der Waals surface area contributed by atoms with E-state index >= 15 is 0 Å². The van der Waals surface area contributed by atoms with Gasteiger partial charge >= 0.3 is 5.69 Å². The SMILES string of the molecule is C#N.C/C=C(\C)CC.C=CC.O=c1c(-c2ccccc2Cl)c2n(c(=O)n1CCc1ccccc1)CCO2. The largest absolute Gasteiger partial charge is 0.476 e. The molecular formula is C30H36ClN3O3. The number of nitrogens with zero attached hydrogens (tertiary/aromatic N) is 3. The van der Waals surface area contributed by atoms with Gasteiger partial charge in [-0.3, -0.25) is 13.9 Å². The van der Waals surface area contributed by atoms with Crippen molar-refractivity contribution in [3.8, 4) is 23.6 Å². The summed E-state index contributed by atoms with van der Waals surface area (Å²) < 4.78 is 8.41. The van der Waals surface area contributed by atoms with E-state index in [1.54, 1.807) is 24.3 Å². The van der Waals surface area contributed by atoms with Gasteiger partial charge in [-0.25, -0.2) is 10.1 Å². The first kappa shape index (κ1) is 31.2. The van der Waals surface area contributed by atoms with E-state index in [4.69, 9.17) is 21.6 Å². The van der Waals surface area contributed by atoms with E-state index in [0.29, 0.717) is 48.1 Å². The van der Waals surface area contributed by atoms with Crippen molar-refractivity contribution < 1.29 is 4.74 Å². The second kappa shape index (κ2) is 16.8. The Balaban J connectivity index is 0.000000534. The number of fused-ring (bicyclic) bond motifs is 1. The first-order valence-corrected chi connectivity index (χ1v) is 12.5. The maximum absolute atomic E-state index is 13.1. The molecule has 0 spiro atoms. The number of aromatic nitrogens is 2. The molecule has 0 atom stereocenters. The summed E-state index contributed by atoms with van der Waals surface area (Å²) in [6.07, 6.45) is 5.68. The molecule has 0 radical (unpaired) electrons. The van der Waals surface area contributed by atoms with E-state index in [2.05, 4.69) is 40.0 Å². The van der Waals surface area contributed by atoms with Crippen LogP contribution in [0.5, 0.6) is 5.88 Å². The Morgan fingerprint density at radius 3 is 2.24 bits per heavy atom. The standard InChI is InChI=1S/C20H17ClN2O3.C6H12.C3H6.CHN/c21-16-9-5-4-8-15(16)17-18(24)22(11-10-14-6-2-1-3-7-14)20(25)23-12-13-26-19(17)23;1-4-6(3)5-2;1-3-2;1-2/h1-9H,10-13H2;4H,5H2,1-3H3;3H,1H2,2H3;1H/b;6-4+;;. The molecule has 6 nitrogen and oxygen atoms in total. The van der Waals surface area contributed by atoms with E-state index in [1.807, 2.05) is 43.3 Å². The number of allylic oxidation sites excluding steroid dienone is 3. The molecule has 0 saturated heterocycles. The van der Waals surface area contributed by atoms with E-state index in [9.17, 15) is 9.59 Å². The summed E-state index contributed by atoms with van der Waals surface area (Å²) in [4.78, 5) is 25.9. The maximum Gasteiger partial charge on any atom is 0.333 e. The number of rotatable bonds is 5. The predicted octanol–water partition coefficient (Wildman–Crippen LogP) is 6.66. The van der Waals surface area contributed by atoms with Crippen molar-refractivity contribution in [2.24, 2.45) is 0 Å². The van der Waals surface area contributed by atoms with Crippen molar-refractivity contribution in [2.75, 3.05) is 6.61 Å². The fourth-order valence-corrected chi connectivity index (χ4v) is 3.67. The van der Waals surface area contributed by atoms with Crippen molar-refractivity contribution in [3.05, 3.63) is 110 Å². The van der Waals surface area contributed by atoms with E-state index < -0.39 is 0 Å². The number of hydrogen-bond acceptors (Lipinski definition) is 4. The fourth-order valence-electron chi connectivity index (χ4n) is 3.44. The Morgan fingerprint density at radius 1 is 1.11 bits per heavy atom. The molecule has 0 saturated carbocycles. The number of hydrogen-bond donors (Lipinski definition) is 0. The molecule has 4 rings (SSSR count). The molecule has 1 aliphatic heterocycles. The smallest absolute Gasteiger partial charge is 0.333 e. The van der Waals surface area contributed by atoms with Crippen LogP contribution in [-0.4, -0.2) is 15.7 Å². The van der Waals surface area contributed by atoms with Crippen LogP contribution in [0.25, 0.3) is 11.1 Å². The van der Waals surface area contributed by atoms with E-state index in [0.717, 1.165) is 5.56 Å². The van der Waals surface area contributed by atoms with Crippen LogP contribution in [0.2, 0.25) is 5.02 Å². The Labute approximate surface area is 224 Å². The van der Waals surface area contributed by atoms with Crippen molar-refractivity contribution >= 4 is 11.6 Å². The zero-order valence-corrected chi connectivity index (χ0v) is 22.9. The Hall–Kier alpha value is -3.82. The van der Waals surface area contributed by atoms with Gasteiger partial charge in [0.05, 0.1) is 6.54 Å². The molecule has 1 aliphatic rings. The van der Waals surface area contributed by atoms with Gasteiger partial charge in [0.15, 0.2) is 0 Å². The normalized spacial score (nSPS) is 11.3. The minimum absolute atomic E-state index is 0.305. The lowest BCUT2D eigenvalue weighted by atomic mass is 10.1. The molecule has 196 valence electrons. The molecule has 0 bridgehead atoms. The van der Waals surface area contributed by atoms with Crippen LogP contribution in [0.4, 0.5) is 0 Å². The molecule has 7 heteroatoms. The van der Waals surface area contributed by atoms with Gasteiger partial charge in [0.1, 0.15) is 12.2 Å². The van der Waals surface area contributed by atoms with Crippen molar-refractivity contribution in [1.82, 2.24) is 9.13 Å². The monoisotopic (exact) mass is 521 g/mol. The lowest BCUT2D eigenvalue weighted by Crippen LogP contribution is -2.40. The lowest BCUT2D eigenvalue weighted by Gasteiger charge is -2.13. The van der Waals surface area contributed by atoms with Gasteiger partial charge < -0.3 is 4.74 Å². The highest BCUT2D eigenvalue weighted by Crippen LogP contribution is 2.32. The topological polar surface area (TPSA) is 77.0 Å². The minimum Gasteiger partial charge on any atom is -0.476 e. The van der Waals surface area contributed by atoms with Crippen LogP contribution < -0.4 is 16.0 Å². The molecular weight excluding hydrogens is 486 g/mol. The van der Waals surface area contributed by atoms with Crippen LogP contribution >= 0.6 is 11.6 Å². The van der Waals surface area contributed by atoms with Gasteiger partial charge in [0, 0.05) is 23.7 Å². The molecule has 0 fully saturated rings. The van der Waals surface area contributed by atoms with Crippen molar-refractivity contribution in [2.45, 2.75) is 53.6 Å². The lowest BCUT2D eigenvalue weighted by molar-refractivity contribution is 0.357. The third kappa shape index (κ3) is 8.66. The van der Waals surface area contributed by atoms with Gasteiger partial charge in [0.2, 0.25) is 5.88 Å². The van der Waals surface area contributed by atoms with Gasteiger partial charge in [-0.2, -0.15) is 0 Å². The number of aryl methyl sites for hydroxylation is 1. The number of benzene rings is 2. The van der Waals surface area contributed by atoms with E-state index in [-0.39, 0.29) is 11.2 Å². The second-order valence-electron chi connectivity index (χ2n) is 8.03. The Morgan fingerprint density at radius 2 is 1.70 bits per heavy atom. The molecule has 0 unspecified atom stereocenters. The molecule has 0 amide bonds. The highest BCUT2D eigenvalue weighted by molar-refractivity contribution is 6.33. The zero-order valence-electron chi connectivity index (χ0n) is 22.1. The molecule has 0 N–H and O–H groups in total. The molecule has 3 aromatic rings. The first-order valence-electron chi connectivity index (χ1n) is 12.1. The summed E-state index contributed by atoms with van der Waals surface area (Å²) >= 11 is 6.31. The van der Waals surface area contributed by atoms with Crippen LogP contribution in [-0.2, 0) is 19.5 Å². The predicted molar refractivity (Wildman–Crippen MR) is 153 cm³/mol. The third-order valence-corrected chi connectivity index (χ3v) is 5.92. The highest BCUT2D eigenvalue weighted by Gasteiger charge is 2.26. The van der Waals surface area contributed by atoms with Gasteiger partial charge in [0.25, 0.3) is 5.56 Å². The van der Waals surface area contributed by atoms with Gasteiger partial charge in [-0.1, -0.05) is 84.8 Å². The molecule has 2 heterocycles. The van der Waals surface area contributed by atoms with Crippen LogP contribution in [0.1, 0.15) is 39.7 Å². The van der Waals surface area contributed by atoms with Crippen molar-refractivity contribution in [3.63, 3.8) is 0 Å². The van der Waals surface area contributed by atoms with E-state index in [1.165, 1.54) is 21.1 Å². The average molecular weight is 522 g/mol.